The summed E-state index contributed by atoms with van der Waals surface area (Å²) in [6.45, 7) is 0. The summed E-state index contributed by atoms with van der Waals surface area (Å²) in [6.07, 6.45) is 2.03. The Morgan fingerprint density at radius 3 is 2.18 bits per heavy atom. The zero-order valence-corrected chi connectivity index (χ0v) is 20.5. The van der Waals surface area contributed by atoms with Gasteiger partial charge in [0.1, 0.15) is 0 Å². The Labute approximate surface area is 219 Å². The number of hydrogen-bond donors (Lipinski definition) is 0. The number of nitrogens with zero attached hydrogens (tertiary/aromatic N) is 3. The zero-order chi connectivity index (χ0) is 24.8. The van der Waals surface area contributed by atoms with Crippen molar-refractivity contribution in [1.29, 1.82) is 0 Å². The molecule has 3 nitrogen and oxygen atoms in total. The van der Waals surface area contributed by atoms with Crippen molar-refractivity contribution in [2.45, 2.75) is 5.41 Å². The van der Waals surface area contributed by atoms with Crippen molar-refractivity contribution in [3.8, 4) is 28.2 Å². The highest BCUT2D eigenvalue weighted by atomic mass is 15.0. The fraction of sp³-hybridized carbons (Fsp3) is 0.0286. The molecule has 3 heterocycles. The molecule has 2 aliphatic rings. The molecule has 1 unspecified atom stereocenters. The van der Waals surface area contributed by atoms with Crippen LogP contribution in [0.5, 0.6) is 0 Å². The third-order valence-corrected chi connectivity index (χ3v) is 8.44. The molecule has 1 aliphatic carbocycles. The Hall–Kier alpha value is -5.02. The number of aromatic nitrogens is 3. The molecule has 1 aliphatic heterocycles. The second-order valence-corrected chi connectivity index (χ2v) is 10.2. The van der Waals surface area contributed by atoms with Gasteiger partial charge in [-0.2, -0.15) is 0 Å². The highest BCUT2D eigenvalue weighted by molar-refractivity contribution is 6.12. The minimum Gasteiger partial charge on any atom is -0.309 e. The fourth-order valence-electron chi connectivity index (χ4n) is 7.01. The van der Waals surface area contributed by atoms with Crippen molar-refractivity contribution < 1.29 is 0 Å². The maximum Gasteiger partial charge on any atom is 0.159 e. The first-order valence-electron chi connectivity index (χ1n) is 13.0. The van der Waals surface area contributed by atoms with E-state index in [9.17, 15) is 0 Å². The zero-order valence-electron chi connectivity index (χ0n) is 20.5. The molecular formula is C35H21N3. The van der Waals surface area contributed by atoms with Gasteiger partial charge in [0.05, 0.1) is 27.8 Å². The normalized spacial score (nSPS) is 16.5. The van der Waals surface area contributed by atoms with Gasteiger partial charge in [-0.3, -0.25) is 0 Å². The minimum absolute atomic E-state index is 0.543. The molecule has 9 rings (SSSR count). The molecule has 0 amide bonds. The van der Waals surface area contributed by atoms with Crippen LogP contribution in [0.1, 0.15) is 22.4 Å². The number of fused-ring (bicyclic) bond motifs is 12. The SMILES string of the molecule is c1ccc(-c2ncc3c(n2)C2(c4ccccc4-3)c3ccccc3-n3c4ccccc4c4cccc2c43)cc1. The van der Waals surface area contributed by atoms with E-state index < -0.39 is 5.41 Å². The smallest absolute Gasteiger partial charge is 0.159 e. The van der Waals surface area contributed by atoms with Crippen LogP contribution in [-0.2, 0) is 5.41 Å². The van der Waals surface area contributed by atoms with E-state index in [0.717, 1.165) is 22.6 Å². The monoisotopic (exact) mass is 483 g/mol. The average Bonchev–Trinajstić information content (AvgIpc) is 3.48. The largest absolute Gasteiger partial charge is 0.309 e. The molecule has 0 saturated heterocycles. The predicted octanol–water partition coefficient (Wildman–Crippen LogP) is 7.92. The summed E-state index contributed by atoms with van der Waals surface area (Å²) in [4.78, 5) is 10.3. The van der Waals surface area contributed by atoms with E-state index >= 15 is 0 Å². The summed E-state index contributed by atoms with van der Waals surface area (Å²) in [5.41, 5.74) is 11.4. The van der Waals surface area contributed by atoms with Crippen LogP contribution in [0.4, 0.5) is 0 Å². The molecular weight excluding hydrogens is 462 g/mol. The maximum absolute atomic E-state index is 5.41. The minimum atomic E-state index is -0.543. The number of benzene rings is 5. The summed E-state index contributed by atoms with van der Waals surface area (Å²) < 4.78 is 2.46. The van der Waals surface area contributed by atoms with Crippen LogP contribution >= 0.6 is 0 Å². The molecule has 1 spiro atoms. The van der Waals surface area contributed by atoms with Gasteiger partial charge in [0, 0.05) is 28.1 Å². The van der Waals surface area contributed by atoms with E-state index in [2.05, 4.69) is 108 Å². The van der Waals surface area contributed by atoms with Crippen LogP contribution in [0.2, 0.25) is 0 Å². The first kappa shape index (κ1) is 20.1. The number of hydrogen-bond acceptors (Lipinski definition) is 2. The van der Waals surface area contributed by atoms with E-state index in [1.165, 1.54) is 49.7 Å². The van der Waals surface area contributed by atoms with Crippen molar-refractivity contribution in [2.24, 2.45) is 0 Å². The van der Waals surface area contributed by atoms with Crippen LogP contribution in [0.15, 0.2) is 128 Å². The maximum atomic E-state index is 5.41. The molecule has 176 valence electrons. The van der Waals surface area contributed by atoms with Gasteiger partial charge in [-0.25, -0.2) is 9.97 Å². The predicted molar refractivity (Wildman–Crippen MR) is 153 cm³/mol. The summed E-state index contributed by atoms with van der Waals surface area (Å²) in [5.74, 6) is 0.757. The molecule has 1 atom stereocenters. The molecule has 2 aromatic heterocycles. The van der Waals surface area contributed by atoms with Crippen molar-refractivity contribution in [3.05, 3.63) is 150 Å². The lowest BCUT2D eigenvalue weighted by Gasteiger charge is -2.38. The Bertz CT molecular complexity index is 2090. The average molecular weight is 484 g/mol. The van der Waals surface area contributed by atoms with E-state index in [-0.39, 0.29) is 0 Å². The summed E-state index contributed by atoms with van der Waals surface area (Å²) in [5, 5.41) is 2.55. The fourth-order valence-corrected chi connectivity index (χ4v) is 7.01. The van der Waals surface area contributed by atoms with E-state index in [1.54, 1.807) is 0 Å². The summed E-state index contributed by atoms with van der Waals surface area (Å²) in [6, 6.07) is 43.5. The van der Waals surface area contributed by atoms with Gasteiger partial charge in [0.15, 0.2) is 5.82 Å². The summed E-state index contributed by atoms with van der Waals surface area (Å²) in [7, 11) is 0. The molecule has 0 bridgehead atoms. The highest BCUT2D eigenvalue weighted by Gasteiger charge is 2.52. The summed E-state index contributed by atoms with van der Waals surface area (Å²) >= 11 is 0. The lowest BCUT2D eigenvalue weighted by molar-refractivity contribution is 0.720. The van der Waals surface area contributed by atoms with Crippen molar-refractivity contribution >= 4 is 21.8 Å². The van der Waals surface area contributed by atoms with Crippen LogP contribution in [-0.4, -0.2) is 14.5 Å². The lowest BCUT2D eigenvalue weighted by atomic mass is 9.67. The molecule has 7 aromatic rings. The van der Waals surface area contributed by atoms with E-state index in [4.69, 9.17) is 9.97 Å². The Kier molecular flexibility index (Phi) is 3.73. The second kappa shape index (κ2) is 7.05. The molecule has 0 saturated carbocycles. The number of rotatable bonds is 1. The van der Waals surface area contributed by atoms with Gasteiger partial charge in [0.2, 0.25) is 0 Å². The third kappa shape index (κ3) is 2.26. The van der Waals surface area contributed by atoms with Crippen LogP contribution in [0.25, 0.3) is 50.0 Å². The van der Waals surface area contributed by atoms with Crippen molar-refractivity contribution in [3.63, 3.8) is 0 Å². The van der Waals surface area contributed by atoms with Gasteiger partial charge in [-0.05, 0) is 34.4 Å². The van der Waals surface area contributed by atoms with Crippen molar-refractivity contribution in [1.82, 2.24) is 14.5 Å². The van der Waals surface area contributed by atoms with Crippen LogP contribution in [0.3, 0.4) is 0 Å². The van der Waals surface area contributed by atoms with Gasteiger partial charge in [-0.15, -0.1) is 0 Å². The highest BCUT2D eigenvalue weighted by Crippen LogP contribution is 2.60. The standard InChI is InChI=1S/C35H21N3/c1-2-11-22(12-3-1)34-36-21-26-23-13-4-6-16-27(23)35(33(26)37-34)28-17-7-9-20-31(28)38-30-19-8-5-14-24(30)25-15-10-18-29(35)32(25)38/h1-21H. The Morgan fingerprint density at radius 1 is 0.553 bits per heavy atom. The molecule has 3 heteroatoms. The van der Waals surface area contributed by atoms with Gasteiger partial charge < -0.3 is 4.57 Å². The third-order valence-electron chi connectivity index (χ3n) is 8.44. The van der Waals surface area contributed by atoms with E-state index in [0.29, 0.717) is 0 Å². The molecule has 38 heavy (non-hydrogen) atoms. The second-order valence-electron chi connectivity index (χ2n) is 10.2. The molecule has 0 fully saturated rings. The van der Waals surface area contributed by atoms with Crippen LogP contribution in [0, 0.1) is 0 Å². The van der Waals surface area contributed by atoms with Gasteiger partial charge >= 0.3 is 0 Å². The number of para-hydroxylation sites is 3. The first-order valence-corrected chi connectivity index (χ1v) is 13.0. The van der Waals surface area contributed by atoms with E-state index in [1.807, 2.05) is 24.4 Å². The van der Waals surface area contributed by atoms with Gasteiger partial charge in [-0.1, -0.05) is 109 Å². The lowest BCUT2D eigenvalue weighted by Crippen LogP contribution is -2.34. The Balaban J connectivity index is 1.52. The Morgan fingerprint density at radius 2 is 1.26 bits per heavy atom. The van der Waals surface area contributed by atoms with Gasteiger partial charge in [0.25, 0.3) is 0 Å². The van der Waals surface area contributed by atoms with Crippen molar-refractivity contribution in [2.75, 3.05) is 0 Å². The molecule has 0 radical (unpaired) electrons. The molecule has 5 aromatic carbocycles. The topological polar surface area (TPSA) is 30.7 Å². The quantitative estimate of drug-likeness (QED) is 0.237. The van der Waals surface area contributed by atoms with Crippen LogP contribution < -0.4 is 0 Å². The molecule has 0 N–H and O–H groups in total. The first-order chi connectivity index (χ1) is 18.9.